The highest BCUT2D eigenvalue weighted by atomic mass is 79.9. The normalized spacial score (nSPS) is 16.9. The Labute approximate surface area is 130 Å². The molecule has 1 aliphatic heterocycles. The fourth-order valence-electron chi connectivity index (χ4n) is 2.47. The van der Waals surface area contributed by atoms with Crippen LogP contribution >= 0.6 is 15.9 Å². The molecular formula is C16H11BrN2O2. The van der Waals surface area contributed by atoms with E-state index in [9.17, 15) is 10.4 Å². The fraction of sp³-hybridized carbons (Fsp3) is 0.0625. The van der Waals surface area contributed by atoms with Gasteiger partial charge < -0.3 is 15.6 Å². The van der Waals surface area contributed by atoms with E-state index in [0.717, 1.165) is 15.6 Å². The minimum Gasteiger partial charge on any atom is -0.508 e. The predicted molar refractivity (Wildman–Crippen MR) is 81.5 cm³/mol. The molecular weight excluding hydrogens is 332 g/mol. The van der Waals surface area contributed by atoms with Gasteiger partial charge in [0.15, 0.2) is 0 Å². The number of ether oxygens (including phenoxy) is 1. The number of allylic oxidation sites excluding steroid dienone is 1. The maximum Gasteiger partial charge on any atom is 0.205 e. The molecule has 0 aliphatic carbocycles. The Hall–Kier alpha value is -2.45. The van der Waals surface area contributed by atoms with Crippen molar-refractivity contribution in [2.24, 2.45) is 5.73 Å². The van der Waals surface area contributed by atoms with Crippen molar-refractivity contribution in [1.29, 1.82) is 5.26 Å². The van der Waals surface area contributed by atoms with Crippen molar-refractivity contribution in [2.45, 2.75) is 5.92 Å². The highest BCUT2D eigenvalue weighted by Gasteiger charge is 2.30. The summed E-state index contributed by atoms with van der Waals surface area (Å²) in [5, 5.41) is 19.0. The lowest BCUT2D eigenvalue weighted by Crippen LogP contribution is -2.20. The highest BCUT2D eigenvalue weighted by Crippen LogP contribution is 2.43. The molecule has 2 aromatic carbocycles. The first-order chi connectivity index (χ1) is 10.1. The Morgan fingerprint density at radius 3 is 2.76 bits per heavy atom. The summed E-state index contributed by atoms with van der Waals surface area (Å²) in [6.45, 7) is 0. The van der Waals surface area contributed by atoms with E-state index >= 15 is 0 Å². The first kappa shape index (κ1) is 13.5. The smallest absolute Gasteiger partial charge is 0.205 e. The van der Waals surface area contributed by atoms with E-state index in [2.05, 4.69) is 22.0 Å². The SMILES string of the molecule is N#CC1=C(N)Oc2cc(O)ccc2C1c1cccc(Br)c1. The first-order valence-corrected chi connectivity index (χ1v) is 7.05. The molecule has 0 fully saturated rings. The number of benzene rings is 2. The Bertz CT molecular complexity index is 793. The minimum absolute atomic E-state index is 0.0700. The molecule has 0 saturated heterocycles. The molecule has 0 amide bonds. The van der Waals surface area contributed by atoms with Crippen molar-refractivity contribution in [3.05, 3.63) is 69.5 Å². The van der Waals surface area contributed by atoms with Gasteiger partial charge in [0.1, 0.15) is 23.1 Å². The minimum atomic E-state index is -0.308. The molecule has 104 valence electrons. The van der Waals surface area contributed by atoms with Crippen LogP contribution in [0.15, 0.2) is 58.4 Å². The van der Waals surface area contributed by atoms with Crippen LogP contribution in [0, 0.1) is 11.3 Å². The third-order valence-electron chi connectivity index (χ3n) is 3.38. The Morgan fingerprint density at radius 1 is 1.24 bits per heavy atom. The number of nitriles is 1. The summed E-state index contributed by atoms with van der Waals surface area (Å²) >= 11 is 3.44. The number of nitrogens with zero attached hydrogens (tertiary/aromatic N) is 1. The van der Waals surface area contributed by atoms with Crippen molar-refractivity contribution in [3.8, 4) is 17.6 Å². The molecule has 21 heavy (non-hydrogen) atoms. The fourth-order valence-corrected chi connectivity index (χ4v) is 2.89. The molecule has 0 saturated carbocycles. The lowest BCUT2D eigenvalue weighted by atomic mass is 9.83. The van der Waals surface area contributed by atoms with Gasteiger partial charge in [0.05, 0.1) is 5.92 Å². The molecule has 1 atom stereocenters. The number of aromatic hydroxyl groups is 1. The highest BCUT2D eigenvalue weighted by molar-refractivity contribution is 9.10. The van der Waals surface area contributed by atoms with Crippen LogP contribution in [0.5, 0.6) is 11.5 Å². The predicted octanol–water partition coefficient (Wildman–Crippen LogP) is 3.37. The van der Waals surface area contributed by atoms with E-state index in [1.807, 2.05) is 24.3 Å². The number of phenolic OH excluding ortho intramolecular Hbond substituents is 1. The van der Waals surface area contributed by atoms with Gasteiger partial charge in [-0.3, -0.25) is 0 Å². The molecule has 2 aromatic rings. The van der Waals surface area contributed by atoms with E-state index in [1.165, 1.54) is 6.07 Å². The lowest BCUT2D eigenvalue weighted by Gasteiger charge is -2.26. The molecule has 0 bridgehead atoms. The quantitative estimate of drug-likeness (QED) is 0.832. The van der Waals surface area contributed by atoms with E-state index in [0.29, 0.717) is 11.3 Å². The summed E-state index contributed by atoms with van der Waals surface area (Å²) in [4.78, 5) is 0. The number of nitrogens with two attached hydrogens (primary N) is 1. The second-order valence-electron chi connectivity index (χ2n) is 4.70. The van der Waals surface area contributed by atoms with Gasteiger partial charge in [0.2, 0.25) is 5.88 Å². The summed E-state index contributed by atoms with van der Waals surface area (Å²) in [7, 11) is 0. The zero-order chi connectivity index (χ0) is 15.0. The van der Waals surface area contributed by atoms with Gasteiger partial charge in [-0.05, 0) is 23.8 Å². The molecule has 1 unspecified atom stereocenters. The molecule has 1 aliphatic rings. The zero-order valence-corrected chi connectivity index (χ0v) is 12.5. The standard InChI is InChI=1S/C16H11BrN2O2/c17-10-3-1-2-9(6-10)15-12-5-4-11(20)7-14(12)21-16(19)13(15)8-18/h1-7,15,20H,19H2. The van der Waals surface area contributed by atoms with Gasteiger partial charge in [0, 0.05) is 16.1 Å². The van der Waals surface area contributed by atoms with E-state index in [1.54, 1.807) is 12.1 Å². The van der Waals surface area contributed by atoms with Gasteiger partial charge in [-0.25, -0.2) is 0 Å². The van der Waals surface area contributed by atoms with Crippen molar-refractivity contribution >= 4 is 15.9 Å². The lowest BCUT2D eigenvalue weighted by molar-refractivity contribution is 0.388. The monoisotopic (exact) mass is 342 g/mol. The second kappa shape index (κ2) is 5.15. The van der Waals surface area contributed by atoms with Gasteiger partial charge in [-0.2, -0.15) is 5.26 Å². The van der Waals surface area contributed by atoms with Gasteiger partial charge in [0.25, 0.3) is 0 Å². The van der Waals surface area contributed by atoms with Crippen LogP contribution in [0.4, 0.5) is 0 Å². The molecule has 3 rings (SSSR count). The average molecular weight is 343 g/mol. The Kier molecular flexibility index (Phi) is 3.32. The molecule has 0 radical (unpaired) electrons. The number of rotatable bonds is 1. The van der Waals surface area contributed by atoms with Crippen molar-refractivity contribution in [2.75, 3.05) is 0 Å². The average Bonchev–Trinajstić information content (AvgIpc) is 2.45. The second-order valence-corrected chi connectivity index (χ2v) is 5.62. The maximum atomic E-state index is 9.59. The zero-order valence-electron chi connectivity index (χ0n) is 10.9. The van der Waals surface area contributed by atoms with E-state index < -0.39 is 0 Å². The molecule has 0 spiro atoms. The molecule has 3 N–H and O–H groups in total. The van der Waals surface area contributed by atoms with Gasteiger partial charge in [-0.1, -0.05) is 34.1 Å². The van der Waals surface area contributed by atoms with Gasteiger partial charge in [-0.15, -0.1) is 0 Å². The summed E-state index contributed by atoms with van der Waals surface area (Å²) in [6.07, 6.45) is 0. The molecule has 0 aromatic heterocycles. The van der Waals surface area contributed by atoms with Crippen LogP contribution < -0.4 is 10.5 Å². The van der Waals surface area contributed by atoms with Crippen LogP contribution in [0.3, 0.4) is 0 Å². The van der Waals surface area contributed by atoms with Crippen LogP contribution in [-0.4, -0.2) is 5.11 Å². The number of hydrogen-bond donors (Lipinski definition) is 2. The molecule has 4 nitrogen and oxygen atoms in total. The first-order valence-electron chi connectivity index (χ1n) is 6.26. The van der Waals surface area contributed by atoms with Crippen LogP contribution in [-0.2, 0) is 0 Å². The summed E-state index contributed by atoms with van der Waals surface area (Å²) < 4.78 is 6.38. The van der Waals surface area contributed by atoms with Crippen LogP contribution in [0.2, 0.25) is 0 Å². The van der Waals surface area contributed by atoms with Crippen LogP contribution in [0.1, 0.15) is 17.0 Å². The maximum absolute atomic E-state index is 9.59. The Morgan fingerprint density at radius 2 is 2.05 bits per heavy atom. The Balaban J connectivity index is 2.24. The molecule has 5 heteroatoms. The number of phenols is 1. The number of hydrogen-bond acceptors (Lipinski definition) is 4. The van der Waals surface area contributed by atoms with Crippen molar-refractivity contribution in [3.63, 3.8) is 0 Å². The third kappa shape index (κ3) is 2.34. The van der Waals surface area contributed by atoms with Gasteiger partial charge >= 0.3 is 0 Å². The van der Waals surface area contributed by atoms with Crippen molar-refractivity contribution in [1.82, 2.24) is 0 Å². The molecule has 1 heterocycles. The number of halogens is 1. The number of fused-ring (bicyclic) bond motifs is 1. The topological polar surface area (TPSA) is 79.3 Å². The summed E-state index contributed by atoms with van der Waals surface area (Å²) in [6, 6.07) is 14.6. The third-order valence-corrected chi connectivity index (χ3v) is 3.88. The summed E-state index contributed by atoms with van der Waals surface area (Å²) in [5.74, 6) is 0.323. The van der Waals surface area contributed by atoms with E-state index in [4.69, 9.17) is 10.5 Å². The summed E-state index contributed by atoms with van der Waals surface area (Å²) in [5.41, 5.74) is 7.96. The van der Waals surface area contributed by atoms with Crippen LogP contribution in [0.25, 0.3) is 0 Å². The van der Waals surface area contributed by atoms with Crippen molar-refractivity contribution < 1.29 is 9.84 Å². The largest absolute Gasteiger partial charge is 0.508 e. The van der Waals surface area contributed by atoms with E-state index in [-0.39, 0.29) is 17.6 Å².